The smallest absolute Gasteiger partial charge is 0.0361 e. The van der Waals surface area contributed by atoms with Gasteiger partial charge in [-0.05, 0) is 25.3 Å². The Bertz CT molecular complexity index is 132. The molecule has 0 rings (SSSR count). The highest BCUT2D eigenvalue weighted by atomic mass is 14.7. The van der Waals surface area contributed by atoms with E-state index in [0.29, 0.717) is 5.92 Å². The van der Waals surface area contributed by atoms with E-state index in [2.05, 4.69) is 31.8 Å². The number of allylic oxidation sites excluding steroid dienone is 2. The summed E-state index contributed by atoms with van der Waals surface area (Å²) in [6.45, 7) is 13.3. The zero-order valence-corrected chi connectivity index (χ0v) is 9.39. The van der Waals surface area contributed by atoms with Crippen molar-refractivity contribution in [3.05, 3.63) is 11.6 Å². The van der Waals surface area contributed by atoms with Crippen molar-refractivity contribution in [3.63, 3.8) is 0 Å². The quantitative estimate of drug-likeness (QED) is 0.571. The highest BCUT2D eigenvalue weighted by molar-refractivity contribution is 5.78. The number of hydrogen-bond donors (Lipinski definition) is 0. The molecule has 0 aromatic heterocycles. The van der Waals surface area contributed by atoms with E-state index < -0.39 is 0 Å². The molecule has 0 fully saturated rings. The van der Waals surface area contributed by atoms with Crippen LogP contribution in [0.15, 0.2) is 16.6 Å². The number of rotatable bonds is 3. The lowest BCUT2D eigenvalue weighted by atomic mass is 10.1. The van der Waals surface area contributed by atoms with Gasteiger partial charge >= 0.3 is 0 Å². The summed E-state index contributed by atoms with van der Waals surface area (Å²) in [4.78, 5) is 4.17. The van der Waals surface area contributed by atoms with Crippen molar-refractivity contribution in [1.29, 1.82) is 0 Å². The zero-order chi connectivity index (χ0) is 9.98. The largest absolute Gasteiger partial charge is 0.293 e. The van der Waals surface area contributed by atoms with E-state index in [4.69, 9.17) is 0 Å². The van der Waals surface area contributed by atoms with Crippen LogP contribution in [0.5, 0.6) is 0 Å². The van der Waals surface area contributed by atoms with Crippen LogP contribution >= 0.6 is 0 Å². The average Bonchev–Trinajstić information content (AvgIpc) is 2.09. The van der Waals surface area contributed by atoms with Gasteiger partial charge in [0.05, 0.1) is 0 Å². The molecule has 0 atom stereocenters. The summed E-state index contributed by atoms with van der Waals surface area (Å²) in [5.41, 5.74) is 1.32. The molecule has 0 saturated heterocycles. The molecule has 0 aromatic carbocycles. The van der Waals surface area contributed by atoms with Crippen molar-refractivity contribution in [3.8, 4) is 0 Å². The lowest BCUT2D eigenvalue weighted by Crippen LogP contribution is -1.94. The van der Waals surface area contributed by atoms with Crippen LogP contribution in [0.25, 0.3) is 0 Å². The van der Waals surface area contributed by atoms with E-state index in [1.165, 1.54) is 5.57 Å². The molecule has 0 heterocycles. The fraction of sp³-hybridized carbons (Fsp3) is 0.727. The minimum Gasteiger partial charge on any atom is -0.293 e. The summed E-state index contributed by atoms with van der Waals surface area (Å²) < 4.78 is 0. The third-order valence-electron chi connectivity index (χ3n) is 1.42. The van der Waals surface area contributed by atoms with Crippen LogP contribution in [0.1, 0.15) is 41.5 Å². The Morgan fingerprint density at radius 3 is 2.08 bits per heavy atom. The van der Waals surface area contributed by atoms with E-state index in [-0.39, 0.29) is 0 Å². The fourth-order valence-electron chi connectivity index (χ4n) is 0.754. The van der Waals surface area contributed by atoms with Gasteiger partial charge in [-0.3, -0.25) is 4.99 Å². The zero-order valence-electron chi connectivity index (χ0n) is 9.39. The van der Waals surface area contributed by atoms with Crippen molar-refractivity contribution in [2.45, 2.75) is 41.5 Å². The number of nitrogens with zero attached hydrogens (tertiary/aromatic N) is 1. The predicted molar refractivity (Wildman–Crippen MR) is 59.0 cm³/mol. The standard InChI is InChI=1S/C9H17N.C2H6/c1-5-9(8(3)4)7-10-6-2;1-2/h5,7-8H,6H2,1-4H3;1-2H3/b9-5+,10-7?;. The van der Waals surface area contributed by atoms with Crippen LogP contribution < -0.4 is 0 Å². The average molecular weight is 169 g/mol. The van der Waals surface area contributed by atoms with E-state index in [1.807, 2.05) is 27.0 Å². The SMILES string of the molecule is C/C=C(\C=NCC)C(C)C.CC. The Balaban J connectivity index is 0. The molecule has 0 unspecified atom stereocenters. The molecule has 0 aliphatic heterocycles. The van der Waals surface area contributed by atoms with Gasteiger partial charge in [0, 0.05) is 12.8 Å². The molecule has 72 valence electrons. The van der Waals surface area contributed by atoms with E-state index in [0.717, 1.165) is 6.54 Å². The highest BCUT2D eigenvalue weighted by Gasteiger charge is 1.95. The van der Waals surface area contributed by atoms with Crippen molar-refractivity contribution < 1.29 is 0 Å². The normalized spacial score (nSPS) is 11.8. The Morgan fingerprint density at radius 2 is 1.83 bits per heavy atom. The van der Waals surface area contributed by atoms with E-state index >= 15 is 0 Å². The van der Waals surface area contributed by atoms with Gasteiger partial charge < -0.3 is 0 Å². The maximum Gasteiger partial charge on any atom is 0.0361 e. The summed E-state index contributed by atoms with van der Waals surface area (Å²) in [6.07, 6.45) is 4.08. The molecule has 1 nitrogen and oxygen atoms in total. The molecule has 12 heavy (non-hydrogen) atoms. The van der Waals surface area contributed by atoms with Gasteiger partial charge in [0.1, 0.15) is 0 Å². The summed E-state index contributed by atoms with van der Waals surface area (Å²) in [5, 5.41) is 0. The maximum atomic E-state index is 4.17. The summed E-state index contributed by atoms with van der Waals surface area (Å²) in [5.74, 6) is 0.597. The third-order valence-corrected chi connectivity index (χ3v) is 1.42. The topological polar surface area (TPSA) is 12.4 Å². The minimum atomic E-state index is 0.597. The first-order valence-electron chi connectivity index (χ1n) is 4.88. The van der Waals surface area contributed by atoms with Gasteiger partial charge in [-0.1, -0.05) is 33.8 Å². The molecule has 1 heteroatoms. The molecular formula is C11H23N. The molecule has 0 amide bonds. The Labute approximate surface area is 77.6 Å². The lowest BCUT2D eigenvalue weighted by Gasteiger charge is -2.02. The van der Waals surface area contributed by atoms with Crippen LogP contribution in [0.2, 0.25) is 0 Å². The molecule has 0 aromatic rings. The summed E-state index contributed by atoms with van der Waals surface area (Å²) in [7, 11) is 0. The van der Waals surface area contributed by atoms with E-state index in [1.54, 1.807) is 0 Å². The molecule has 0 aliphatic carbocycles. The van der Waals surface area contributed by atoms with Crippen LogP contribution in [0.3, 0.4) is 0 Å². The van der Waals surface area contributed by atoms with Crippen LogP contribution in [0.4, 0.5) is 0 Å². The van der Waals surface area contributed by atoms with Gasteiger partial charge in [-0.15, -0.1) is 0 Å². The second kappa shape index (κ2) is 10.4. The monoisotopic (exact) mass is 169 g/mol. The molecule has 0 radical (unpaired) electrons. The molecular weight excluding hydrogens is 146 g/mol. The number of aliphatic imine (C=N–C) groups is 1. The van der Waals surface area contributed by atoms with Gasteiger partial charge in [0.15, 0.2) is 0 Å². The summed E-state index contributed by atoms with van der Waals surface area (Å²) >= 11 is 0. The van der Waals surface area contributed by atoms with Gasteiger partial charge in [-0.25, -0.2) is 0 Å². The fourth-order valence-corrected chi connectivity index (χ4v) is 0.754. The van der Waals surface area contributed by atoms with Crippen LogP contribution in [-0.4, -0.2) is 12.8 Å². The lowest BCUT2D eigenvalue weighted by molar-refractivity contribution is 0.803. The Kier molecular flexibility index (Phi) is 12.1. The number of hydrogen-bond acceptors (Lipinski definition) is 1. The van der Waals surface area contributed by atoms with Crippen molar-refractivity contribution >= 4 is 6.21 Å². The molecule has 0 aliphatic rings. The van der Waals surface area contributed by atoms with Crippen LogP contribution in [0, 0.1) is 5.92 Å². The van der Waals surface area contributed by atoms with Crippen LogP contribution in [-0.2, 0) is 0 Å². The first kappa shape index (κ1) is 14.0. The van der Waals surface area contributed by atoms with E-state index in [9.17, 15) is 0 Å². The summed E-state index contributed by atoms with van der Waals surface area (Å²) in [6, 6.07) is 0. The van der Waals surface area contributed by atoms with Gasteiger partial charge in [-0.2, -0.15) is 0 Å². The molecule has 0 N–H and O–H groups in total. The van der Waals surface area contributed by atoms with Crippen molar-refractivity contribution in [1.82, 2.24) is 0 Å². The first-order valence-corrected chi connectivity index (χ1v) is 4.88. The minimum absolute atomic E-state index is 0.597. The Hall–Kier alpha value is -0.590. The molecule has 0 bridgehead atoms. The van der Waals surface area contributed by atoms with Gasteiger partial charge in [0.25, 0.3) is 0 Å². The van der Waals surface area contributed by atoms with Crippen molar-refractivity contribution in [2.75, 3.05) is 6.54 Å². The first-order chi connectivity index (χ1) is 5.72. The second-order valence-electron chi connectivity index (χ2n) is 2.57. The second-order valence-corrected chi connectivity index (χ2v) is 2.57. The van der Waals surface area contributed by atoms with Crippen molar-refractivity contribution in [2.24, 2.45) is 10.9 Å². The molecule has 0 spiro atoms. The maximum absolute atomic E-state index is 4.17. The Morgan fingerprint density at radius 1 is 1.33 bits per heavy atom. The van der Waals surface area contributed by atoms with Gasteiger partial charge in [0.2, 0.25) is 0 Å². The highest BCUT2D eigenvalue weighted by Crippen LogP contribution is 2.05. The predicted octanol–water partition coefficient (Wildman–Crippen LogP) is 3.71. The molecule has 0 saturated carbocycles. The third kappa shape index (κ3) is 7.52.